The molecule has 1 amide bonds. The Morgan fingerprint density at radius 2 is 1.92 bits per heavy atom. The van der Waals surface area contributed by atoms with Gasteiger partial charge in [-0.1, -0.05) is 12.1 Å². The number of esters is 1. The minimum atomic E-state index is -0.472. The zero-order chi connectivity index (χ0) is 18.5. The van der Waals surface area contributed by atoms with Crippen molar-refractivity contribution < 1.29 is 14.3 Å². The van der Waals surface area contributed by atoms with Crippen LogP contribution in [0, 0.1) is 6.92 Å². The summed E-state index contributed by atoms with van der Waals surface area (Å²) in [7, 11) is 0. The lowest BCUT2D eigenvalue weighted by Crippen LogP contribution is -2.23. The first-order chi connectivity index (χ1) is 12.6. The first-order valence-corrected chi connectivity index (χ1v) is 8.76. The highest BCUT2D eigenvalue weighted by Crippen LogP contribution is 2.19. The molecular formula is C19H22N4O3. The molecule has 0 saturated carbocycles. The predicted molar refractivity (Wildman–Crippen MR) is 98.6 cm³/mol. The van der Waals surface area contributed by atoms with E-state index in [1.807, 2.05) is 6.92 Å². The zero-order valence-corrected chi connectivity index (χ0v) is 15.0. The van der Waals surface area contributed by atoms with Crippen molar-refractivity contribution in [2.24, 2.45) is 0 Å². The molecule has 1 aromatic carbocycles. The fourth-order valence-corrected chi connectivity index (χ4v) is 2.89. The Morgan fingerprint density at radius 3 is 2.65 bits per heavy atom. The zero-order valence-electron chi connectivity index (χ0n) is 15.0. The second-order valence-electron chi connectivity index (χ2n) is 6.11. The molecule has 1 N–H and O–H groups in total. The Labute approximate surface area is 152 Å². The number of nitrogens with one attached hydrogen (secondary N) is 1. The molecule has 0 unspecified atom stereocenters. The van der Waals surface area contributed by atoms with E-state index in [9.17, 15) is 9.59 Å². The number of amides is 1. The molecule has 7 nitrogen and oxygen atoms in total. The molecule has 0 bridgehead atoms. The van der Waals surface area contributed by atoms with Crippen LogP contribution in [-0.2, 0) is 4.74 Å². The molecule has 0 aliphatic carbocycles. The standard InChI is InChI=1S/C19H22N4O3/c1-3-26-18(25)14-8-4-5-9-15(14)21-17(24)16-12-13(2)20-19(22-16)23-10-6-7-11-23/h4-5,8-9,12H,3,6-7,10-11H2,1-2H3,(H,21,24). The van der Waals surface area contributed by atoms with E-state index < -0.39 is 5.97 Å². The Balaban J connectivity index is 1.84. The van der Waals surface area contributed by atoms with Crippen LogP contribution >= 0.6 is 0 Å². The molecule has 1 saturated heterocycles. The van der Waals surface area contributed by atoms with Gasteiger partial charge in [0.15, 0.2) is 0 Å². The van der Waals surface area contributed by atoms with Crippen LogP contribution in [0.2, 0.25) is 0 Å². The summed E-state index contributed by atoms with van der Waals surface area (Å²) < 4.78 is 5.04. The van der Waals surface area contributed by atoms with Crippen molar-refractivity contribution >= 4 is 23.5 Å². The van der Waals surface area contributed by atoms with Crippen LogP contribution < -0.4 is 10.2 Å². The van der Waals surface area contributed by atoms with Gasteiger partial charge in [0.2, 0.25) is 5.95 Å². The number of nitrogens with zero attached hydrogens (tertiary/aromatic N) is 3. The smallest absolute Gasteiger partial charge is 0.340 e. The van der Waals surface area contributed by atoms with Crippen LogP contribution in [0.5, 0.6) is 0 Å². The van der Waals surface area contributed by atoms with Crippen molar-refractivity contribution in [2.75, 3.05) is 29.9 Å². The first-order valence-electron chi connectivity index (χ1n) is 8.76. The Hall–Kier alpha value is -2.96. The number of carbonyl (C=O) groups excluding carboxylic acids is 2. The predicted octanol–water partition coefficient (Wildman–Crippen LogP) is 2.81. The van der Waals surface area contributed by atoms with Gasteiger partial charge in [-0.25, -0.2) is 14.8 Å². The number of para-hydroxylation sites is 1. The van der Waals surface area contributed by atoms with E-state index in [1.54, 1.807) is 37.3 Å². The fourth-order valence-electron chi connectivity index (χ4n) is 2.89. The molecule has 0 spiro atoms. The Morgan fingerprint density at radius 1 is 1.19 bits per heavy atom. The molecule has 1 aliphatic heterocycles. The lowest BCUT2D eigenvalue weighted by atomic mass is 10.1. The summed E-state index contributed by atoms with van der Waals surface area (Å²) in [4.78, 5) is 35.7. The number of ether oxygens (including phenoxy) is 1. The maximum absolute atomic E-state index is 12.7. The van der Waals surface area contributed by atoms with E-state index in [4.69, 9.17) is 4.74 Å². The molecule has 1 aromatic heterocycles. The number of rotatable bonds is 5. The lowest BCUT2D eigenvalue weighted by Gasteiger charge is -2.16. The summed E-state index contributed by atoms with van der Waals surface area (Å²) in [6.45, 7) is 5.64. The molecule has 3 rings (SSSR count). The van der Waals surface area contributed by atoms with Gasteiger partial charge in [-0.3, -0.25) is 4.79 Å². The summed E-state index contributed by atoms with van der Waals surface area (Å²) in [6.07, 6.45) is 2.21. The van der Waals surface area contributed by atoms with Crippen molar-refractivity contribution in [1.29, 1.82) is 0 Å². The summed E-state index contributed by atoms with van der Waals surface area (Å²) in [5.74, 6) is -0.279. The highest BCUT2D eigenvalue weighted by molar-refractivity contribution is 6.07. The highest BCUT2D eigenvalue weighted by atomic mass is 16.5. The van der Waals surface area contributed by atoms with Gasteiger partial charge in [-0.05, 0) is 44.9 Å². The quantitative estimate of drug-likeness (QED) is 0.831. The van der Waals surface area contributed by atoms with Crippen LogP contribution in [0.4, 0.5) is 11.6 Å². The number of carbonyl (C=O) groups is 2. The van der Waals surface area contributed by atoms with Gasteiger partial charge in [0, 0.05) is 18.8 Å². The molecule has 0 atom stereocenters. The number of benzene rings is 1. The van der Waals surface area contributed by atoms with E-state index in [0.717, 1.165) is 31.6 Å². The molecule has 1 fully saturated rings. The van der Waals surface area contributed by atoms with Gasteiger partial charge in [-0.2, -0.15) is 0 Å². The third kappa shape index (κ3) is 3.99. The number of aryl methyl sites for hydroxylation is 1. The van der Waals surface area contributed by atoms with Gasteiger partial charge in [0.05, 0.1) is 17.9 Å². The van der Waals surface area contributed by atoms with E-state index in [1.165, 1.54) is 0 Å². The topological polar surface area (TPSA) is 84.4 Å². The third-order valence-electron chi connectivity index (χ3n) is 4.13. The van der Waals surface area contributed by atoms with Gasteiger partial charge >= 0.3 is 5.97 Å². The fraction of sp³-hybridized carbons (Fsp3) is 0.368. The summed E-state index contributed by atoms with van der Waals surface area (Å²) in [6, 6.07) is 8.40. The molecule has 136 valence electrons. The van der Waals surface area contributed by atoms with Crippen molar-refractivity contribution in [1.82, 2.24) is 9.97 Å². The van der Waals surface area contributed by atoms with Crippen molar-refractivity contribution in [3.63, 3.8) is 0 Å². The van der Waals surface area contributed by atoms with Gasteiger partial charge in [0.25, 0.3) is 5.91 Å². The summed E-state index contributed by atoms with van der Waals surface area (Å²) >= 11 is 0. The van der Waals surface area contributed by atoms with Crippen molar-refractivity contribution in [2.45, 2.75) is 26.7 Å². The molecule has 7 heteroatoms. The second kappa shape index (κ2) is 7.95. The summed E-state index contributed by atoms with van der Waals surface area (Å²) in [5.41, 5.74) is 1.71. The summed E-state index contributed by atoms with van der Waals surface area (Å²) in [5, 5.41) is 2.76. The minimum absolute atomic E-state index is 0.269. The van der Waals surface area contributed by atoms with Crippen molar-refractivity contribution in [3.8, 4) is 0 Å². The maximum atomic E-state index is 12.7. The van der Waals surface area contributed by atoms with Gasteiger partial charge < -0.3 is 15.0 Å². The lowest BCUT2D eigenvalue weighted by molar-refractivity contribution is 0.0527. The molecule has 0 radical (unpaired) electrons. The monoisotopic (exact) mass is 354 g/mol. The highest BCUT2D eigenvalue weighted by Gasteiger charge is 2.19. The third-order valence-corrected chi connectivity index (χ3v) is 4.13. The molecule has 1 aliphatic rings. The number of aromatic nitrogens is 2. The van der Waals surface area contributed by atoms with E-state index >= 15 is 0 Å². The number of anilines is 2. The molecular weight excluding hydrogens is 332 g/mol. The molecule has 26 heavy (non-hydrogen) atoms. The van der Waals surface area contributed by atoms with Crippen LogP contribution in [-0.4, -0.2) is 41.5 Å². The molecule has 2 aromatic rings. The first kappa shape index (κ1) is 17.8. The van der Waals surface area contributed by atoms with Gasteiger partial charge in [0.1, 0.15) is 5.69 Å². The second-order valence-corrected chi connectivity index (χ2v) is 6.11. The van der Waals surface area contributed by atoms with Gasteiger partial charge in [-0.15, -0.1) is 0 Å². The van der Waals surface area contributed by atoms with Crippen molar-refractivity contribution in [3.05, 3.63) is 47.3 Å². The Bertz CT molecular complexity index is 816. The van der Waals surface area contributed by atoms with Crippen LogP contribution in [0.3, 0.4) is 0 Å². The average Bonchev–Trinajstić information content (AvgIpc) is 3.16. The molecule has 2 heterocycles. The average molecular weight is 354 g/mol. The van der Waals surface area contributed by atoms with E-state index in [-0.39, 0.29) is 18.2 Å². The van der Waals surface area contributed by atoms with E-state index in [0.29, 0.717) is 17.2 Å². The SMILES string of the molecule is CCOC(=O)c1ccccc1NC(=O)c1cc(C)nc(N2CCCC2)n1. The van der Waals surface area contributed by atoms with E-state index in [2.05, 4.69) is 20.2 Å². The maximum Gasteiger partial charge on any atom is 0.340 e. The number of hydrogen-bond donors (Lipinski definition) is 1. The Kier molecular flexibility index (Phi) is 5.46. The van der Waals surface area contributed by atoms with Crippen LogP contribution in [0.15, 0.2) is 30.3 Å². The van der Waals surface area contributed by atoms with Crippen LogP contribution in [0.25, 0.3) is 0 Å². The number of hydrogen-bond acceptors (Lipinski definition) is 6. The normalized spacial score (nSPS) is 13.5. The minimum Gasteiger partial charge on any atom is -0.462 e. The van der Waals surface area contributed by atoms with Crippen LogP contribution in [0.1, 0.15) is 46.3 Å². The largest absolute Gasteiger partial charge is 0.462 e.